The van der Waals surface area contributed by atoms with Gasteiger partial charge in [-0.2, -0.15) is 0 Å². The summed E-state index contributed by atoms with van der Waals surface area (Å²) in [6, 6.07) is 6.91. The maximum atomic E-state index is 12.8. The lowest BCUT2D eigenvalue weighted by Crippen LogP contribution is -2.30. The van der Waals surface area contributed by atoms with E-state index in [-0.39, 0.29) is 35.3 Å². The molecular formula is C21H20N2O9. The molecule has 0 spiro atoms. The highest BCUT2D eigenvalue weighted by molar-refractivity contribution is 6.14. The standard InChI is InChI=1S/C21H20N2O9/c1-11(19(25)26)31-17-12(5-4-6-15(17)29-2)9-14-18(24)23(21(28)22-14)10-13-7-8-16(32-13)20(27)30-3/h4-9,11H,10H2,1-3H3,(H,22,28)(H,25,26)/b14-9+/t11-/m0/s1. The summed E-state index contributed by atoms with van der Waals surface area (Å²) in [6.07, 6.45) is 0.172. The summed E-state index contributed by atoms with van der Waals surface area (Å²) < 4.78 is 20.6. The fourth-order valence-electron chi connectivity index (χ4n) is 2.86. The summed E-state index contributed by atoms with van der Waals surface area (Å²) >= 11 is 0. The second-order valence-corrected chi connectivity index (χ2v) is 6.61. The summed E-state index contributed by atoms with van der Waals surface area (Å²) in [7, 11) is 2.59. The van der Waals surface area contributed by atoms with Gasteiger partial charge in [0.2, 0.25) is 5.76 Å². The van der Waals surface area contributed by atoms with Crippen LogP contribution in [0.2, 0.25) is 0 Å². The predicted octanol–water partition coefficient (Wildman–Crippen LogP) is 2.02. The molecule has 1 saturated heterocycles. The first-order valence-electron chi connectivity index (χ1n) is 9.33. The van der Waals surface area contributed by atoms with Crippen molar-refractivity contribution in [1.29, 1.82) is 0 Å². The molecule has 0 unspecified atom stereocenters. The minimum atomic E-state index is -1.18. The number of nitrogens with one attached hydrogen (secondary N) is 1. The molecule has 3 amide bonds. The van der Waals surface area contributed by atoms with Gasteiger partial charge < -0.3 is 29.1 Å². The fourth-order valence-corrected chi connectivity index (χ4v) is 2.86. The lowest BCUT2D eigenvalue weighted by molar-refractivity contribution is -0.144. The number of carbonyl (C=O) groups is 4. The Kier molecular flexibility index (Phi) is 6.47. The Morgan fingerprint density at radius 2 is 1.97 bits per heavy atom. The van der Waals surface area contributed by atoms with Gasteiger partial charge in [0.05, 0.1) is 20.8 Å². The highest BCUT2D eigenvalue weighted by Crippen LogP contribution is 2.34. The molecule has 1 fully saturated rings. The van der Waals surface area contributed by atoms with Gasteiger partial charge in [0.15, 0.2) is 17.6 Å². The van der Waals surface area contributed by atoms with Gasteiger partial charge in [-0.1, -0.05) is 12.1 Å². The minimum absolute atomic E-state index is 0.0592. The van der Waals surface area contributed by atoms with E-state index in [1.165, 1.54) is 39.4 Å². The van der Waals surface area contributed by atoms with Crippen molar-refractivity contribution in [3.05, 3.63) is 53.1 Å². The number of carboxylic acids is 1. The lowest BCUT2D eigenvalue weighted by Gasteiger charge is -2.16. The van der Waals surface area contributed by atoms with Crippen molar-refractivity contribution in [1.82, 2.24) is 10.2 Å². The van der Waals surface area contributed by atoms with Crippen LogP contribution in [0.5, 0.6) is 11.5 Å². The van der Waals surface area contributed by atoms with E-state index in [0.717, 1.165) is 4.90 Å². The number of nitrogens with zero attached hydrogens (tertiary/aromatic N) is 1. The van der Waals surface area contributed by atoms with E-state index in [2.05, 4.69) is 10.1 Å². The zero-order valence-corrected chi connectivity index (χ0v) is 17.4. The van der Waals surface area contributed by atoms with Crippen LogP contribution < -0.4 is 14.8 Å². The second kappa shape index (κ2) is 9.25. The highest BCUT2D eigenvalue weighted by Gasteiger charge is 2.35. The SMILES string of the molecule is COC(=O)c1ccc(CN2C(=O)N/C(=C/c3cccc(OC)c3O[C@@H](C)C(=O)O)C2=O)o1. The van der Waals surface area contributed by atoms with Gasteiger partial charge in [-0.15, -0.1) is 0 Å². The molecule has 0 radical (unpaired) electrons. The smallest absolute Gasteiger partial charge is 0.373 e. The molecule has 1 aliphatic rings. The van der Waals surface area contributed by atoms with Crippen molar-refractivity contribution >= 4 is 30.0 Å². The quantitative estimate of drug-likeness (QED) is 0.355. The van der Waals surface area contributed by atoms with Gasteiger partial charge in [0.1, 0.15) is 11.5 Å². The van der Waals surface area contributed by atoms with E-state index in [1.807, 2.05) is 0 Å². The van der Waals surface area contributed by atoms with Crippen molar-refractivity contribution in [2.45, 2.75) is 19.6 Å². The number of ether oxygens (including phenoxy) is 3. The van der Waals surface area contributed by atoms with Crippen molar-refractivity contribution in [3.8, 4) is 11.5 Å². The van der Waals surface area contributed by atoms with E-state index in [1.54, 1.807) is 18.2 Å². The molecule has 0 bridgehead atoms. The Morgan fingerprint density at radius 1 is 1.22 bits per heavy atom. The number of hydrogen-bond acceptors (Lipinski definition) is 8. The molecule has 32 heavy (non-hydrogen) atoms. The zero-order chi connectivity index (χ0) is 23.4. The Labute approximate surface area is 182 Å². The summed E-state index contributed by atoms with van der Waals surface area (Å²) in [5.74, 6) is -2.01. The predicted molar refractivity (Wildman–Crippen MR) is 108 cm³/mol. The number of hydrogen-bond donors (Lipinski definition) is 2. The molecule has 168 valence electrons. The summed E-state index contributed by atoms with van der Waals surface area (Å²) in [5.41, 5.74) is 0.268. The molecule has 11 heteroatoms. The zero-order valence-electron chi connectivity index (χ0n) is 17.4. The number of aliphatic carboxylic acids is 1. The normalized spacial score (nSPS) is 15.5. The highest BCUT2D eigenvalue weighted by atomic mass is 16.5. The van der Waals surface area contributed by atoms with Crippen molar-refractivity contribution < 1.29 is 42.9 Å². The first-order valence-corrected chi connectivity index (χ1v) is 9.33. The van der Waals surface area contributed by atoms with E-state index in [0.29, 0.717) is 5.56 Å². The number of methoxy groups -OCH3 is 2. The van der Waals surface area contributed by atoms with Gasteiger partial charge in [0, 0.05) is 5.56 Å². The number of esters is 1. The molecule has 2 N–H and O–H groups in total. The van der Waals surface area contributed by atoms with Crippen LogP contribution >= 0.6 is 0 Å². The maximum absolute atomic E-state index is 12.8. The van der Waals surface area contributed by atoms with Crippen LogP contribution in [0.25, 0.3) is 6.08 Å². The molecule has 0 saturated carbocycles. The third kappa shape index (κ3) is 4.56. The number of rotatable bonds is 8. The number of benzene rings is 1. The van der Waals surface area contributed by atoms with Crippen molar-refractivity contribution in [2.75, 3.05) is 14.2 Å². The van der Waals surface area contributed by atoms with Crippen LogP contribution in [0.15, 0.2) is 40.4 Å². The van der Waals surface area contributed by atoms with Gasteiger partial charge in [-0.25, -0.2) is 14.4 Å². The third-order valence-corrected chi connectivity index (χ3v) is 4.50. The average molecular weight is 444 g/mol. The number of urea groups is 1. The van der Waals surface area contributed by atoms with Crippen LogP contribution in [-0.2, 0) is 20.9 Å². The van der Waals surface area contributed by atoms with E-state index in [4.69, 9.17) is 19.0 Å². The Hall–Kier alpha value is -4.28. The first kappa shape index (κ1) is 22.4. The van der Waals surface area contributed by atoms with Crippen molar-refractivity contribution in [2.24, 2.45) is 0 Å². The Bertz CT molecular complexity index is 1100. The first-order chi connectivity index (χ1) is 15.2. The van der Waals surface area contributed by atoms with Crippen LogP contribution in [0.4, 0.5) is 4.79 Å². The fraction of sp³-hybridized carbons (Fsp3) is 0.238. The monoisotopic (exact) mass is 444 g/mol. The number of furan rings is 1. The molecule has 1 aromatic heterocycles. The van der Waals surface area contributed by atoms with E-state index < -0.39 is 30.0 Å². The van der Waals surface area contributed by atoms with E-state index >= 15 is 0 Å². The molecule has 1 aliphatic heterocycles. The minimum Gasteiger partial charge on any atom is -0.493 e. The molecule has 2 heterocycles. The number of carboxylic acid groups (broad SMARTS) is 1. The molecule has 0 aliphatic carbocycles. The third-order valence-electron chi connectivity index (χ3n) is 4.50. The second-order valence-electron chi connectivity index (χ2n) is 6.61. The lowest BCUT2D eigenvalue weighted by atomic mass is 10.1. The van der Waals surface area contributed by atoms with Crippen LogP contribution in [0, 0.1) is 0 Å². The van der Waals surface area contributed by atoms with Crippen molar-refractivity contribution in [3.63, 3.8) is 0 Å². The van der Waals surface area contributed by atoms with Gasteiger partial charge in [-0.05, 0) is 31.2 Å². The summed E-state index contributed by atoms with van der Waals surface area (Å²) in [4.78, 5) is 48.7. The average Bonchev–Trinajstić information content (AvgIpc) is 3.34. The molecule has 3 rings (SSSR count). The Balaban J connectivity index is 1.86. The molecule has 1 atom stereocenters. The Morgan fingerprint density at radius 3 is 2.62 bits per heavy atom. The summed E-state index contributed by atoms with van der Waals surface area (Å²) in [6.45, 7) is 1.14. The number of imide groups is 1. The van der Waals surface area contributed by atoms with E-state index in [9.17, 15) is 19.2 Å². The molecular weight excluding hydrogens is 424 g/mol. The van der Waals surface area contributed by atoms with Gasteiger partial charge in [-0.3, -0.25) is 9.69 Å². The topological polar surface area (TPSA) is 145 Å². The molecule has 2 aromatic rings. The van der Waals surface area contributed by atoms with Crippen LogP contribution in [0.3, 0.4) is 0 Å². The van der Waals surface area contributed by atoms with Gasteiger partial charge in [0.25, 0.3) is 5.91 Å². The van der Waals surface area contributed by atoms with Crippen LogP contribution in [0.1, 0.15) is 28.8 Å². The maximum Gasteiger partial charge on any atom is 0.373 e. The summed E-state index contributed by atoms with van der Waals surface area (Å²) in [5, 5.41) is 11.6. The molecule has 11 nitrogen and oxygen atoms in total. The van der Waals surface area contributed by atoms with Gasteiger partial charge >= 0.3 is 18.0 Å². The molecule has 1 aromatic carbocycles. The van der Waals surface area contributed by atoms with Crippen LogP contribution in [-0.4, -0.2) is 54.2 Å². The largest absolute Gasteiger partial charge is 0.493 e. The number of amides is 3. The number of carbonyl (C=O) groups excluding carboxylic acids is 3. The number of para-hydroxylation sites is 1.